The molecule has 3 N–H and O–H groups in total. The van der Waals surface area contributed by atoms with E-state index in [2.05, 4.69) is 20.6 Å². The zero-order valence-electron chi connectivity index (χ0n) is 29.1. The molecule has 1 fully saturated rings. The third-order valence-corrected chi connectivity index (χ3v) is 10.0. The first kappa shape index (κ1) is 37.4. The molecule has 10 nitrogen and oxygen atoms in total. The van der Waals surface area contributed by atoms with Crippen LogP contribution >= 0.6 is 23.2 Å². The molecular formula is C41H41Cl2N5O5. The molecule has 1 heterocycles. The van der Waals surface area contributed by atoms with E-state index < -0.39 is 23.5 Å². The second-order valence-corrected chi connectivity index (χ2v) is 14.0. The lowest BCUT2D eigenvalue weighted by molar-refractivity contribution is -0.138. The van der Waals surface area contributed by atoms with Crippen molar-refractivity contribution >= 4 is 41.1 Å². The quantitative estimate of drug-likeness (QED) is 0.0965. The number of amides is 3. The van der Waals surface area contributed by atoms with Gasteiger partial charge in [0.2, 0.25) is 11.8 Å². The number of aromatic amines is 1. The number of carbonyl (C=O) groups excluding carboxylic acids is 3. The number of benzene rings is 4. The SMILES string of the molecule is O=C(CN(Cc1ccc(OCc2ccccc2)cc1)C(=O)[C@H](Cc1c[nH]cn1)NC(=O)OCc1ccccc1)NCC1(c2c(Cl)cccc2Cl)CCC1. The summed E-state index contributed by atoms with van der Waals surface area (Å²) in [6.45, 7) is 0.566. The second kappa shape index (κ2) is 17.9. The molecule has 12 heteroatoms. The molecule has 1 aromatic heterocycles. The minimum absolute atomic E-state index is 0.0258. The van der Waals surface area contributed by atoms with Crippen molar-refractivity contribution in [2.45, 2.75) is 56.9 Å². The molecule has 0 aliphatic heterocycles. The molecule has 1 aliphatic rings. The lowest BCUT2D eigenvalue weighted by atomic mass is 9.64. The molecular weight excluding hydrogens is 713 g/mol. The van der Waals surface area contributed by atoms with E-state index in [-0.39, 0.29) is 32.0 Å². The topological polar surface area (TPSA) is 126 Å². The lowest BCUT2D eigenvalue weighted by Crippen LogP contribution is -2.53. The van der Waals surface area contributed by atoms with Crippen LogP contribution in [0.15, 0.2) is 116 Å². The van der Waals surface area contributed by atoms with Crippen molar-refractivity contribution in [3.05, 3.63) is 154 Å². The van der Waals surface area contributed by atoms with Crippen molar-refractivity contribution in [1.82, 2.24) is 25.5 Å². The minimum Gasteiger partial charge on any atom is -0.489 e. The van der Waals surface area contributed by atoms with Gasteiger partial charge in [0.25, 0.3) is 0 Å². The van der Waals surface area contributed by atoms with Crippen LogP contribution in [0.5, 0.6) is 5.75 Å². The minimum atomic E-state index is -1.08. The molecule has 0 spiro atoms. The van der Waals surface area contributed by atoms with E-state index in [1.807, 2.05) is 84.9 Å². The highest BCUT2D eigenvalue weighted by atomic mass is 35.5. The van der Waals surface area contributed by atoms with Crippen LogP contribution in [0.25, 0.3) is 0 Å². The van der Waals surface area contributed by atoms with Crippen molar-refractivity contribution in [2.24, 2.45) is 0 Å². The Labute approximate surface area is 318 Å². The van der Waals surface area contributed by atoms with Gasteiger partial charge in [-0.2, -0.15) is 0 Å². The molecule has 53 heavy (non-hydrogen) atoms. The van der Waals surface area contributed by atoms with Crippen molar-refractivity contribution in [2.75, 3.05) is 13.1 Å². The summed E-state index contributed by atoms with van der Waals surface area (Å²) >= 11 is 13.2. The number of halogens is 2. The predicted molar refractivity (Wildman–Crippen MR) is 203 cm³/mol. The summed E-state index contributed by atoms with van der Waals surface area (Å²) in [7, 11) is 0. The van der Waals surface area contributed by atoms with Crippen LogP contribution in [0.2, 0.25) is 10.0 Å². The maximum Gasteiger partial charge on any atom is 0.408 e. The van der Waals surface area contributed by atoms with Crippen molar-refractivity contribution in [1.29, 1.82) is 0 Å². The average molecular weight is 755 g/mol. The lowest BCUT2D eigenvalue weighted by Gasteiger charge is -2.43. The number of H-pyrrole nitrogens is 1. The van der Waals surface area contributed by atoms with Crippen molar-refractivity contribution in [3.63, 3.8) is 0 Å². The monoisotopic (exact) mass is 753 g/mol. The van der Waals surface area contributed by atoms with Gasteiger partial charge in [0.05, 0.1) is 18.6 Å². The number of rotatable bonds is 16. The normalized spacial score (nSPS) is 13.6. The van der Waals surface area contributed by atoms with E-state index >= 15 is 0 Å². The van der Waals surface area contributed by atoms with Gasteiger partial charge in [-0.05, 0) is 59.4 Å². The molecule has 0 bridgehead atoms. The summed E-state index contributed by atoms with van der Waals surface area (Å²) in [6.07, 6.45) is 5.07. The molecule has 6 rings (SSSR count). The largest absolute Gasteiger partial charge is 0.489 e. The fourth-order valence-corrected chi connectivity index (χ4v) is 7.22. The molecule has 1 saturated carbocycles. The Balaban J connectivity index is 1.19. The maximum absolute atomic E-state index is 14.4. The zero-order valence-corrected chi connectivity index (χ0v) is 30.6. The van der Waals surface area contributed by atoms with Crippen LogP contribution < -0.4 is 15.4 Å². The summed E-state index contributed by atoms with van der Waals surface area (Å²) in [5, 5.41) is 6.90. The van der Waals surface area contributed by atoms with Crippen molar-refractivity contribution in [3.8, 4) is 5.75 Å². The number of aromatic nitrogens is 2. The Bertz CT molecular complexity index is 1940. The number of nitrogens with zero attached hydrogens (tertiary/aromatic N) is 2. The Morgan fingerprint density at radius 3 is 2.09 bits per heavy atom. The first-order chi connectivity index (χ1) is 25.8. The highest BCUT2D eigenvalue weighted by Gasteiger charge is 2.42. The van der Waals surface area contributed by atoms with Gasteiger partial charge in [0, 0.05) is 41.2 Å². The van der Waals surface area contributed by atoms with Gasteiger partial charge < -0.3 is 30.0 Å². The number of imidazole rings is 1. The van der Waals surface area contributed by atoms with Crippen LogP contribution in [-0.4, -0.2) is 51.9 Å². The number of nitrogens with one attached hydrogen (secondary N) is 3. The van der Waals surface area contributed by atoms with Gasteiger partial charge in [-0.3, -0.25) is 9.59 Å². The van der Waals surface area contributed by atoms with E-state index in [1.54, 1.807) is 24.4 Å². The Morgan fingerprint density at radius 2 is 1.49 bits per heavy atom. The second-order valence-electron chi connectivity index (χ2n) is 13.1. The highest BCUT2D eigenvalue weighted by Crippen LogP contribution is 2.48. The first-order valence-electron chi connectivity index (χ1n) is 17.5. The fraction of sp³-hybridized carbons (Fsp3) is 0.268. The Morgan fingerprint density at radius 1 is 0.830 bits per heavy atom. The van der Waals surface area contributed by atoms with Gasteiger partial charge in [-0.15, -0.1) is 0 Å². The third kappa shape index (κ3) is 10.2. The summed E-state index contributed by atoms with van der Waals surface area (Å²) in [4.78, 5) is 49.8. The van der Waals surface area contributed by atoms with Crippen molar-refractivity contribution < 1.29 is 23.9 Å². The van der Waals surface area contributed by atoms with Crippen LogP contribution in [-0.2, 0) is 45.9 Å². The van der Waals surface area contributed by atoms with Gasteiger partial charge in [0.15, 0.2) is 0 Å². The average Bonchev–Trinajstić information content (AvgIpc) is 3.67. The number of carbonyl (C=O) groups is 3. The number of hydrogen-bond acceptors (Lipinski definition) is 6. The third-order valence-electron chi connectivity index (χ3n) is 9.39. The summed E-state index contributed by atoms with van der Waals surface area (Å²) in [5.41, 5.74) is 3.59. The fourth-order valence-electron chi connectivity index (χ4n) is 6.42. The number of hydrogen-bond donors (Lipinski definition) is 3. The molecule has 5 aromatic rings. The van der Waals surface area contributed by atoms with E-state index in [0.29, 0.717) is 34.6 Å². The summed E-state index contributed by atoms with van der Waals surface area (Å²) in [5.74, 6) is -0.172. The molecule has 0 radical (unpaired) electrons. The van der Waals surface area contributed by atoms with E-state index in [0.717, 1.165) is 41.5 Å². The van der Waals surface area contributed by atoms with Crippen LogP contribution in [0.4, 0.5) is 4.79 Å². The number of alkyl carbamates (subject to hydrolysis) is 1. The van der Waals surface area contributed by atoms with Gasteiger partial charge in [-0.25, -0.2) is 9.78 Å². The van der Waals surface area contributed by atoms with Gasteiger partial charge >= 0.3 is 6.09 Å². The molecule has 3 amide bonds. The molecule has 0 unspecified atom stereocenters. The zero-order chi connectivity index (χ0) is 37.0. The van der Waals surface area contributed by atoms with E-state index in [9.17, 15) is 14.4 Å². The molecule has 1 atom stereocenters. The Kier molecular flexibility index (Phi) is 12.7. The standard InChI is InChI=1S/C41H41Cl2N5O5/c42-34-13-7-14-35(43)38(34)41(19-8-20-41)27-45-37(49)24-48(23-29-15-17-33(18-16-29)52-25-30-9-3-1-4-10-30)39(50)36(21-32-22-44-28-46-32)47-40(51)53-26-31-11-5-2-6-12-31/h1-7,9-18,22,28,36H,8,19-21,23-27H2,(H,44,46)(H,45,49)(H,47,51)/t36-/m0/s1. The molecule has 4 aromatic carbocycles. The first-order valence-corrected chi connectivity index (χ1v) is 18.2. The maximum atomic E-state index is 14.4. The van der Waals surface area contributed by atoms with Gasteiger partial charge in [0.1, 0.15) is 25.0 Å². The van der Waals surface area contributed by atoms with Crippen LogP contribution in [0.1, 0.15) is 47.2 Å². The summed E-state index contributed by atoms with van der Waals surface area (Å²) < 4.78 is 11.4. The smallest absolute Gasteiger partial charge is 0.408 e. The molecule has 0 saturated heterocycles. The molecule has 274 valence electrons. The summed E-state index contributed by atoms with van der Waals surface area (Å²) in [6, 6.07) is 30.8. The van der Waals surface area contributed by atoms with Crippen LogP contribution in [0, 0.1) is 0 Å². The highest BCUT2D eigenvalue weighted by molar-refractivity contribution is 6.36. The number of ether oxygens (including phenoxy) is 2. The van der Waals surface area contributed by atoms with Crippen LogP contribution in [0.3, 0.4) is 0 Å². The Hall–Kier alpha value is -5.32. The van der Waals surface area contributed by atoms with Gasteiger partial charge in [-0.1, -0.05) is 108 Å². The predicted octanol–water partition coefficient (Wildman–Crippen LogP) is 7.40. The van der Waals surface area contributed by atoms with E-state index in [1.165, 1.54) is 11.2 Å². The van der Waals surface area contributed by atoms with E-state index in [4.69, 9.17) is 32.7 Å². The molecule has 1 aliphatic carbocycles.